The van der Waals surface area contributed by atoms with E-state index in [1.54, 1.807) is 6.07 Å². The molecule has 0 bridgehead atoms. The van der Waals surface area contributed by atoms with Crippen molar-refractivity contribution in [3.63, 3.8) is 0 Å². The van der Waals surface area contributed by atoms with Crippen LogP contribution in [0.3, 0.4) is 0 Å². The number of amides is 4. The number of hydrogen-bond donors (Lipinski definition) is 4. The Hall–Kier alpha value is -4.38. The summed E-state index contributed by atoms with van der Waals surface area (Å²) in [6, 6.07) is 4.60. The van der Waals surface area contributed by atoms with E-state index in [1.165, 1.54) is 31.2 Å². The summed E-state index contributed by atoms with van der Waals surface area (Å²) in [5.74, 6) is -3.17. The second kappa shape index (κ2) is 20.7. The van der Waals surface area contributed by atoms with Crippen LogP contribution < -0.4 is 15.4 Å². The quantitative estimate of drug-likeness (QED) is 0.0975. The summed E-state index contributed by atoms with van der Waals surface area (Å²) in [7, 11) is 0. The van der Waals surface area contributed by atoms with E-state index < -0.39 is 36.3 Å². The number of carboxylic acid groups (broad SMARTS) is 1. The molecule has 0 aliphatic carbocycles. The van der Waals surface area contributed by atoms with Crippen molar-refractivity contribution in [3.05, 3.63) is 35.9 Å². The van der Waals surface area contributed by atoms with E-state index in [4.69, 9.17) is 23.7 Å². The molecule has 1 aromatic carbocycles. The number of aliphatic hydroxyl groups excluding tert-OH is 1. The molecule has 1 fully saturated rings. The Morgan fingerprint density at radius 3 is 2.30 bits per heavy atom. The number of nitrogens with one attached hydrogen (secondary N) is 2. The van der Waals surface area contributed by atoms with Crippen molar-refractivity contribution < 1.29 is 62.7 Å². The molecule has 2 aliphatic heterocycles. The lowest BCUT2D eigenvalue weighted by molar-refractivity contribution is -0.195. The second-order valence-electron chi connectivity index (χ2n) is 10.0. The van der Waals surface area contributed by atoms with E-state index in [-0.39, 0.29) is 101 Å². The Kier molecular flexibility index (Phi) is 17.1. The van der Waals surface area contributed by atoms with Gasteiger partial charge in [-0.2, -0.15) is 0 Å². The lowest BCUT2D eigenvalue weighted by Gasteiger charge is -2.31. The smallest absolute Gasteiger partial charge is 0.333 e. The van der Waals surface area contributed by atoms with Gasteiger partial charge >= 0.3 is 11.9 Å². The van der Waals surface area contributed by atoms with Gasteiger partial charge in [-0.15, -0.1) is 0 Å². The maximum Gasteiger partial charge on any atom is 0.333 e. The molecule has 2 aliphatic rings. The Morgan fingerprint density at radius 1 is 0.957 bits per heavy atom. The molecule has 4 amide bonds. The Labute approximate surface area is 272 Å². The standard InChI is InChI=1S/C29H37N3O13.C2H6/c1-18(33)43-17-19-2-3-22(44-28-16-20(34)15-23(45-28)29(39)40)21(14-19)31-25(36)6-8-30-24(35)7-10-41-12-13-42-11-9-32-26(37)4-5-27(32)38;1-2/h2-5,14,20,23,28,34H,6-13,15-17H2,1H3,(H,30,35)(H,31,36)(H,39,40);1-2H3. The van der Waals surface area contributed by atoms with Crippen molar-refractivity contribution in [1.82, 2.24) is 10.2 Å². The fraction of sp³-hybridized carbons (Fsp3) is 0.548. The minimum Gasteiger partial charge on any atom is -0.479 e. The maximum atomic E-state index is 12.7. The van der Waals surface area contributed by atoms with E-state index in [9.17, 15) is 39.0 Å². The third kappa shape index (κ3) is 14.3. The van der Waals surface area contributed by atoms with Crippen molar-refractivity contribution in [2.45, 2.75) is 71.6 Å². The average molecular weight is 666 g/mol. The summed E-state index contributed by atoms with van der Waals surface area (Å²) in [6.07, 6.45) is -1.04. The molecule has 16 nitrogen and oxygen atoms in total. The molecule has 0 saturated carbocycles. The fourth-order valence-corrected chi connectivity index (χ4v) is 4.20. The number of hydrogen-bond acceptors (Lipinski definition) is 12. The number of esters is 1. The topological polar surface area (TPSA) is 216 Å². The Morgan fingerprint density at radius 2 is 1.64 bits per heavy atom. The highest BCUT2D eigenvalue weighted by atomic mass is 16.7. The predicted octanol–water partition coefficient (Wildman–Crippen LogP) is 0.898. The van der Waals surface area contributed by atoms with Crippen LogP contribution in [0.25, 0.3) is 0 Å². The van der Waals surface area contributed by atoms with E-state index in [2.05, 4.69) is 10.6 Å². The van der Waals surface area contributed by atoms with Crippen LogP contribution in [0.5, 0.6) is 5.75 Å². The molecule has 260 valence electrons. The van der Waals surface area contributed by atoms with Crippen molar-refractivity contribution >= 4 is 41.3 Å². The number of ether oxygens (including phenoxy) is 5. The Balaban J connectivity index is 0.00000376. The van der Waals surface area contributed by atoms with Crippen LogP contribution in [0.2, 0.25) is 0 Å². The van der Waals surface area contributed by atoms with E-state index >= 15 is 0 Å². The first-order chi connectivity index (χ1) is 22.5. The highest BCUT2D eigenvalue weighted by Gasteiger charge is 2.34. The van der Waals surface area contributed by atoms with Crippen LogP contribution in [0.4, 0.5) is 5.69 Å². The van der Waals surface area contributed by atoms with Crippen molar-refractivity contribution in [1.29, 1.82) is 0 Å². The number of aliphatic carboxylic acids is 1. The molecule has 0 spiro atoms. The van der Waals surface area contributed by atoms with Gasteiger partial charge in [-0.3, -0.25) is 28.9 Å². The molecular weight excluding hydrogens is 622 g/mol. The van der Waals surface area contributed by atoms with Gasteiger partial charge < -0.3 is 44.5 Å². The molecule has 0 radical (unpaired) electrons. The average Bonchev–Trinajstić information content (AvgIpc) is 3.35. The van der Waals surface area contributed by atoms with Gasteiger partial charge in [0, 0.05) is 51.3 Å². The van der Waals surface area contributed by atoms with Gasteiger partial charge in [0.25, 0.3) is 11.8 Å². The number of carboxylic acids is 1. The van der Waals surface area contributed by atoms with Gasteiger partial charge in [0.15, 0.2) is 6.10 Å². The largest absolute Gasteiger partial charge is 0.479 e. The zero-order valence-corrected chi connectivity index (χ0v) is 26.7. The number of aliphatic hydroxyl groups is 1. The zero-order chi connectivity index (χ0) is 34.8. The summed E-state index contributed by atoms with van der Waals surface area (Å²) < 4.78 is 26.9. The molecule has 0 aromatic heterocycles. The zero-order valence-electron chi connectivity index (χ0n) is 26.7. The normalized spacial score (nSPS) is 18.6. The van der Waals surface area contributed by atoms with Gasteiger partial charge in [-0.25, -0.2) is 4.79 Å². The molecular formula is C31H43N3O13. The van der Waals surface area contributed by atoms with E-state index in [0.29, 0.717) is 5.56 Å². The lowest BCUT2D eigenvalue weighted by Crippen LogP contribution is -2.42. The first-order valence-electron chi connectivity index (χ1n) is 15.3. The third-order valence-electron chi connectivity index (χ3n) is 6.44. The highest BCUT2D eigenvalue weighted by Crippen LogP contribution is 2.30. The van der Waals surface area contributed by atoms with Crippen molar-refractivity contribution in [2.75, 3.05) is 44.8 Å². The summed E-state index contributed by atoms with van der Waals surface area (Å²) in [5, 5.41) is 24.6. The fourth-order valence-electron chi connectivity index (χ4n) is 4.20. The van der Waals surface area contributed by atoms with E-state index in [1.807, 2.05) is 13.8 Å². The number of imide groups is 1. The lowest BCUT2D eigenvalue weighted by atomic mass is 10.1. The monoisotopic (exact) mass is 665 g/mol. The van der Waals surface area contributed by atoms with Gasteiger partial charge in [0.1, 0.15) is 12.4 Å². The number of anilines is 1. The molecule has 4 N–H and O–H groups in total. The molecule has 3 unspecified atom stereocenters. The number of carbonyl (C=O) groups is 6. The number of rotatable bonds is 18. The maximum absolute atomic E-state index is 12.7. The molecule has 2 heterocycles. The minimum atomic E-state index is -1.26. The summed E-state index contributed by atoms with van der Waals surface area (Å²) >= 11 is 0. The van der Waals surface area contributed by atoms with Crippen LogP contribution >= 0.6 is 0 Å². The van der Waals surface area contributed by atoms with Crippen LogP contribution in [-0.2, 0) is 54.3 Å². The van der Waals surface area contributed by atoms with Gasteiger partial charge in [0.05, 0.1) is 44.8 Å². The van der Waals surface area contributed by atoms with Gasteiger partial charge in [0.2, 0.25) is 18.1 Å². The number of nitrogens with zero attached hydrogens (tertiary/aromatic N) is 1. The highest BCUT2D eigenvalue weighted by molar-refractivity contribution is 6.12. The van der Waals surface area contributed by atoms with Crippen LogP contribution in [0.15, 0.2) is 30.4 Å². The minimum absolute atomic E-state index is 0.0100. The van der Waals surface area contributed by atoms with Crippen molar-refractivity contribution in [2.24, 2.45) is 0 Å². The molecule has 3 rings (SSSR count). The van der Waals surface area contributed by atoms with Crippen LogP contribution in [-0.4, -0.2) is 109 Å². The first-order valence-corrected chi connectivity index (χ1v) is 15.3. The number of carbonyl (C=O) groups excluding carboxylic acids is 5. The second-order valence-corrected chi connectivity index (χ2v) is 10.0. The van der Waals surface area contributed by atoms with Crippen LogP contribution in [0.1, 0.15) is 52.0 Å². The summed E-state index contributed by atoms with van der Waals surface area (Å²) in [6.45, 7) is 6.05. The SMILES string of the molecule is CC.CC(=O)OCc1ccc(OC2CC(O)CC(C(=O)O)O2)c(NC(=O)CCNC(=O)CCOCCOCCN2C(=O)C=CC2=O)c1. The Bertz CT molecular complexity index is 1250. The molecule has 3 atom stereocenters. The summed E-state index contributed by atoms with van der Waals surface area (Å²) in [5.41, 5.74) is 0.728. The summed E-state index contributed by atoms with van der Waals surface area (Å²) in [4.78, 5) is 71.3. The van der Waals surface area contributed by atoms with Gasteiger partial charge in [-0.1, -0.05) is 19.9 Å². The predicted molar refractivity (Wildman–Crippen MR) is 164 cm³/mol. The molecule has 1 saturated heterocycles. The van der Waals surface area contributed by atoms with Gasteiger partial charge in [-0.05, 0) is 17.7 Å². The molecule has 16 heteroatoms. The molecule has 47 heavy (non-hydrogen) atoms. The van der Waals surface area contributed by atoms with E-state index in [0.717, 1.165) is 4.90 Å². The third-order valence-corrected chi connectivity index (χ3v) is 6.44. The van der Waals surface area contributed by atoms with Crippen molar-refractivity contribution in [3.8, 4) is 5.75 Å². The van der Waals surface area contributed by atoms with Crippen LogP contribution in [0, 0.1) is 0 Å². The number of benzene rings is 1. The first kappa shape index (κ1) is 38.8. The molecule has 1 aromatic rings.